The van der Waals surface area contributed by atoms with E-state index in [-0.39, 0.29) is 5.38 Å². The van der Waals surface area contributed by atoms with Crippen LogP contribution < -0.4 is 0 Å². The van der Waals surface area contributed by atoms with Crippen molar-refractivity contribution in [2.75, 3.05) is 0 Å². The second-order valence-electron chi connectivity index (χ2n) is 2.40. The zero-order valence-corrected chi connectivity index (χ0v) is 7.43. The van der Waals surface area contributed by atoms with Crippen molar-refractivity contribution in [1.29, 1.82) is 0 Å². The van der Waals surface area contributed by atoms with Crippen LogP contribution in [0.3, 0.4) is 0 Å². The molecule has 1 unspecified atom stereocenters. The minimum absolute atomic E-state index is 0.187. The lowest BCUT2D eigenvalue weighted by atomic mass is 10.3. The molecule has 0 amide bonds. The van der Waals surface area contributed by atoms with Crippen LogP contribution in [-0.2, 0) is 6.42 Å². The fourth-order valence-corrected chi connectivity index (χ4v) is 0.830. The first-order valence-electron chi connectivity index (χ1n) is 3.70. The molecule has 0 N–H and O–H groups in total. The maximum atomic E-state index is 5.72. The van der Waals surface area contributed by atoms with E-state index in [9.17, 15) is 0 Å². The quantitative estimate of drug-likeness (QED) is 0.661. The van der Waals surface area contributed by atoms with Gasteiger partial charge in [-0.25, -0.2) is 0 Å². The van der Waals surface area contributed by atoms with Crippen LogP contribution in [-0.4, -0.2) is 10.2 Å². The summed E-state index contributed by atoms with van der Waals surface area (Å²) in [7, 11) is 0. The van der Waals surface area contributed by atoms with Crippen molar-refractivity contribution < 1.29 is 4.42 Å². The molecule has 0 aliphatic rings. The molecule has 0 saturated carbocycles. The van der Waals surface area contributed by atoms with Crippen LogP contribution in [0.5, 0.6) is 0 Å². The van der Waals surface area contributed by atoms with E-state index in [0.717, 1.165) is 12.8 Å². The van der Waals surface area contributed by atoms with Gasteiger partial charge in [0, 0.05) is 6.42 Å². The minimum atomic E-state index is -0.187. The standard InChI is InChI=1S/C7H11ClN2O/c1-3-4-6-9-10-7(11-6)5(2)8/h5H,3-4H2,1-2H3. The molecule has 0 aromatic carbocycles. The highest BCUT2D eigenvalue weighted by Crippen LogP contribution is 2.17. The topological polar surface area (TPSA) is 38.9 Å². The molecule has 1 heterocycles. The van der Waals surface area contributed by atoms with Crippen LogP contribution in [0.15, 0.2) is 4.42 Å². The third kappa shape index (κ3) is 2.19. The van der Waals surface area contributed by atoms with Gasteiger partial charge in [0.1, 0.15) is 5.38 Å². The zero-order valence-electron chi connectivity index (χ0n) is 6.67. The molecular weight excluding hydrogens is 164 g/mol. The van der Waals surface area contributed by atoms with Crippen LogP contribution in [0, 0.1) is 0 Å². The molecule has 0 bridgehead atoms. The molecular formula is C7H11ClN2O. The Morgan fingerprint density at radius 3 is 2.73 bits per heavy atom. The number of rotatable bonds is 3. The zero-order chi connectivity index (χ0) is 8.27. The van der Waals surface area contributed by atoms with Gasteiger partial charge in [-0.3, -0.25) is 0 Å². The highest BCUT2D eigenvalue weighted by atomic mass is 35.5. The summed E-state index contributed by atoms with van der Waals surface area (Å²) in [6.07, 6.45) is 1.84. The summed E-state index contributed by atoms with van der Waals surface area (Å²) in [5.41, 5.74) is 0. The monoisotopic (exact) mass is 174 g/mol. The Bertz CT molecular complexity index is 222. The molecule has 1 rings (SSSR count). The molecule has 3 nitrogen and oxygen atoms in total. The number of aromatic nitrogens is 2. The number of hydrogen-bond donors (Lipinski definition) is 0. The number of hydrogen-bond acceptors (Lipinski definition) is 3. The molecule has 1 aromatic heterocycles. The normalized spacial score (nSPS) is 13.4. The molecule has 0 aliphatic carbocycles. The Kier molecular flexibility index (Phi) is 2.88. The summed E-state index contributed by atoms with van der Waals surface area (Å²) < 4.78 is 5.23. The van der Waals surface area contributed by atoms with E-state index in [2.05, 4.69) is 17.1 Å². The fourth-order valence-electron chi connectivity index (χ4n) is 0.742. The fraction of sp³-hybridized carbons (Fsp3) is 0.714. The molecule has 1 atom stereocenters. The van der Waals surface area contributed by atoms with Gasteiger partial charge in [-0.2, -0.15) is 0 Å². The lowest BCUT2D eigenvalue weighted by molar-refractivity contribution is 0.448. The molecule has 4 heteroatoms. The summed E-state index contributed by atoms with van der Waals surface area (Å²) >= 11 is 5.72. The first kappa shape index (κ1) is 8.53. The summed E-state index contributed by atoms with van der Waals surface area (Å²) in [6.45, 7) is 3.87. The third-order valence-corrected chi connectivity index (χ3v) is 1.47. The van der Waals surface area contributed by atoms with Crippen molar-refractivity contribution in [3.05, 3.63) is 11.8 Å². The van der Waals surface area contributed by atoms with Crippen LogP contribution in [0.4, 0.5) is 0 Å². The second kappa shape index (κ2) is 3.72. The lowest BCUT2D eigenvalue weighted by Crippen LogP contribution is -1.82. The van der Waals surface area contributed by atoms with Gasteiger partial charge in [0.2, 0.25) is 11.8 Å². The van der Waals surface area contributed by atoms with Crippen LogP contribution in [0.1, 0.15) is 37.4 Å². The molecule has 0 saturated heterocycles. The Morgan fingerprint density at radius 2 is 2.27 bits per heavy atom. The molecule has 0 fully saturated rings. The van der Waals surface area contributed by atoms with Crippen LogP contribution in [0.25, 0.3) is 0 Å². The first-order valence-corrected chi connectivity index (χ1v) is 4.14. The van der Waals surface area contributed by atoms with Crippen molar-refractivity contribution in [2.45, 2.75) is 32.1 Å². The van der Waals surface area contributed by atoms with E-state index >= 15 is 0 Å². The largest absolute Gasteiger partial charge is 0.424 e. The number of nitrogens with zero attached hydrogens (tertiary/aromatic N) is 2. The van der Waals surface area contributed by atoms with Crippen molar-refractivity contribution in [2.24, 2.45) is 0 Å². The summed E-state index contributed by atoms with van der Waals surface area (Å²) in [6, 6.07) is 0. The van der Waals surface area contributed by atoms with Gasteiger partial charge < -0.3 is 4.42 Å². The molecule has 0 aliphatic heterocycles. The van der Waals surface area contributed by atoms with Gasteiger partial charge >= 0.3 is 0 Å². The van der Waals surface area contributed by atoms with Gasteiger partial charge in [0.05, 0.1) is 0 Å². The van der Waals surface area contributed by atoms with Crippen molar-refractivity contribution in [3.8, 4) is 0 Å². The van der Waals surface area contributed by atoms with E-state index in [4.69, 9.17) is 16.0 Å². The second-order valence-corrected chi connectivity index (χ2v) is 3.05. The number of aryl methyl sites for hydroxylation is 1. The molecule has 11 heavy (non-hydrogen) atoms. The van der Waals surface area contributed by atoms with E-state index in [1.165, 1.54) is 0 Å². The smallest absolute Gasteiger partial charge is 0.234 e. The van der Waals surface area contributed by atoms with Crippen molar-refractivity contribution in [1.82, 2.24) is 10.2 Å². The van der Waals surface area contributed by atoms with Crippen molar-refractivity contribution >= 4 is 11.6 Å². The van der Waals surface area contributed by atoms with Gasteiger partial charge in [-0.15, -0.1) is 21.8 Å². The van der Waals surface area contributed by atoms with E-state index in [1.54, 1.807) is 0 Å². The summed E-state index contributed by atoms with van der Waals surface area (Å²) in [5, 5.41) is 7.42. The molecule has 0 radical (unpaired) electrons. The van der Waals surface area contributed by atoms with Gasteiger partial charge in [-0.05, 0) is 13.3 Å². The minimum Gasteiger partial charge on any atom is -0.424 e. The Balaban J connectivity index is 2.66. The van der Waals surface area contributed by atoms with E-state index in [0.29, 0.717) is 11.8 Å². The van der Waals surface area contributed by atoms with E-state index in [1.807, 2.05) is 6.92 Å². The predicted octanol–water partition coefficient (Wildman–Crippen LogP) is 2.32. The average Bonchev–Trinajstić information content (AvgIpc) is 2.37. The maximum Gasteiger partial charge on any atom is 0.234 e. The van der Waals surface area contributed by atoms with E-state index < -0.39 is 0 Å². The molecule has 62 valence electrons. The first-order chi connectivity index (χ1) is 5.24. The third-order valence-electron chi connectivity index (χ3n) is 1.29. The van der Waals surface area contributed by atoms with Crippen molar-refractivity contribution in [3.63, 3.8) is 0 Å². The number of halogens is 1. The van der Waals surface area contributed by atoms with Crippen LogP contribution >= 0.6 is 11.6 Å². The maximum absolute atomic E-state index is 5.72. The number of alkyl halides is 1. The van der Waals surface area contributed by atoms with Gasteiger partial charge in [0.25, 0.3) is 0 Å². The lowest BCUT2D eigenvalue weighted by Gasteiger charge is -1.91. The summed E-state index contributed by atoms with van der Waals surface area (Å²) in [4.78, 5) is 0. The Labute approximate surface area is 70.8 Å². The molecule has 0 spiro atoms. The van der Waals surface area contributed by atoms with Gasteiger partial charge in [-0.1, -0.05) is 6.92 Å². The Morgan fingerprint density at radius 1 is 1.55 bits per heavy atom. The molecule has 1 aromatic rings. The SMILES string of the molecule is CCCc1nnc(C(C)Cl)o1. The van der Waals surface area contributed by atoms with Gasteiger partial charge in [0.15, 0.2) is 0 Å². The average molecular weight is 175 g/mol. The predicted molar refractivity (Wildman–Crippen MR) is 42.6 cm³/mol. The highest BCUT2D eigenvalue weighted by Gasteiger charge is 2.09. The Hall–Kier alpha value is -0.570. The highest BCUT2D eigenvalue weighted by molar-refractivity contribution is 6.20. The van der Waals surface area contributed by atoms with Crippen LogP contribution in [0.2, 0.25) is 0 Å². The summed E-state index contributed by atoms with van der Waals surface area (Å²) in [5.74, 6) is 1.19.